The quantitative estimate of drug-likeness (QED) is 0.563. The van der Waals surface area contributed by atoms with Crippen LogP contribution in [-0.2, 0) is 0 Å². The van der Waals surface area contributed by atoms with E-state index in [1.807, 2.05) is 12.1 Å². The van der Waals surface area contributed by atoms with Gasteiger partial charge in [-0.1, -0.05) is 29.9 Å². The first-order valence-electron chi connectivity index (χ1n) is 3.52. The van der Waals surface area contributed by atoms with Crippen LogP contribution in [0, 0.1) is 6.92 Å². The maximum absolute atomic E-state index is 4.07. The number of hydrogen-bond acceptors (Lipinski definition) is 0. The van der Waals surface area contributed by atoms with Gasteiger partial charge in [-0.3, -0.25) is 0 Å². The van der Waals surface area contributed by atoms with Gasteiger partial charge < -0.3 is 0 Å². The summed E-state index contributed by atoms with van der Waals surface area (Å²) < 4.78 is 0. The van der Waals surface area contributed by atoms with E-state index in [9.17, 15) is 0 Å². The van der Waals surface area contributed by atoms with Gasteiger partial charge in [0, 0.05) is 0 Å². The highest BCUT2D eigenvalue weighted by atomic mass is 32.2. The highest BCUT2D eigenvalue weighted by Gasteiger charge is 1.97. The molecule has 0 bridgehead atoms. The maximum atomic E-state index is 4.07. The van der Waals surface area contributed by atoms with Crippen LogP contribution in [0.3, 0.4) is 0 Å². The zero-order valence-corrected chi connectivity index (χ0v) is 7.95. The van der Waals surface area contributed by atoms with Gasteiger partial charge in [0.25, 0.3) is 0 Å². The summed E-state index contributed by atoms with van der Waals surface area (Å²) in [4.78, 5) is 1.31. The second-order valence-electron chi connectivity index (χ2n) is 3.04. The topological polar surface area (TPSA) is 0 Å². The first-order chi connectivity index (χ1) is 5.02. The van der Waals surface area contributed by atoms with Gasteiger partial charge in [-0.15, -0.1) is 0 Å². The van der Waals surface area contributed by atoms with Gasteiger partial charge in [-0.25, -0.2) is 0 Å². The van der Waals surface area contributed by atoms with E-state index in [1.165, 1.54) is 10.5 Å². The molecule has 0 aliphatic heterocycles. The third kappa shape index (κ3) is 1.87. The van der Waals surface area contributed by atoms with Crippen molar-refractivity contribution in [1.29, 1.82) is 0 Å². The van der Waals surface area contributed by atoms with Crippen LogP contribution in [0.2, 0.25) is 0 Å². The lowest BCUT2D eigenvalue weighted by molar-refractivity contribution is 1.30. The van der Waals surface area contributed by atoms with Gasteiger partial charge in [0.1, 0.15) is 0 Å². The van der Waals surface area contributed by atoms with E-state index >= 15 is 0 Å². The normalized spacial score (nSPS) is 11.5. The molecule has 0 heterocycles. The monoisotopic (exact) mass is 166 g/mol. The lowest BCUT2D eigenvalue weighted by Gasteiger charge is -2.10. The Morgan fingerprint density at radius 1 is 1.18 bits per heavy atom. The first-order valence-corrected chi connectivity index (χ1v) is 5.90. The molecule has 0 nitrogen and oxygen atoms in total. The molecule has 1 rings (SSSR count). The molecule has 60 valence electrons. The predicted molar refractivity (Wildman–Crippen MR) is 57.2 cm³/mol. The van der Waals surface area contributed by atoms with E-state index in [0.717, 1.165) is 0 Å². The van der Waals surface area contributed by atoms with Crippen molar-refractivity contribution in [1.82, 2.24) is 0 Å². The Morgan fingerprint density at radius 3 is 2.09 bits per heavy atom. The van der Waals surface area contributed by atoms with Crippen molar-refractivity contribution in [2.45, 2.75) is 11.8 Å². The highest BCUT2D eigenvalue weighted by Crippen LogP contribution is 2.29. The molecule has 1 heteroatoms. The third-order valence-electron chi connectivity index (χ3n) is 1.62. The molecule has 0 aliphatic rings. The molecule has 0 N–H and O–H groups in total. The zero-order valence-electron chi connectivity index (χ0n) is 7.13. The largest absolute Gasteiger partial charge is 0.190 e. The summed E-state index contributed by atoms with van der Waals surface area (Å²) in [5, 5.41) is 0. The van der Waals surface area contributed by atoms with Crippen LogP contribution in [0.25, 0.3) is 0 Å². The van der Waals surface area contributed by atoms with Crippen LogP contribution in [0.4, 0.5) is 0 Å². The number of aryl methyl sites for hydroxylation is 1. The van der Waals surface area contributed by atoms with E-state index in [1.54, 1.807) is 0 Å². The van der Waals surface area contributed by atoms with E-state index < -0.39 is 9.21 Å². The average molecular weight is 166 g/mol. The minimum Gasteiger partial charge on any atom is -0.190 e. The number of hydrogen-bond donors (Lipinski definition) is 0. The molecule has 0 unspecified atom stereocenters. The van der Waals surface area contributed by atoms with Crippen LogP contribution < -0.4 is 0 Å². The van der Waals surface area contributed by atoms with Crippen LogP contribution >= 0.6 is 9.21 Å². The van der Waals surface area contributed by atoms with Crippen molar-refractivity contribution in [2.24, 2.45) is 0 Å². The van der Waals surface area contributed by atoms with Gasteiger partial charge >= 0.3 is 0 Å². The fourth-order valence-electron chi connectivity index (χ4n) is 1.11. The molecule has 0 saturated carbocycles. The predicted octanol–water partition coefficient (Wildman–Crippen LogP) is 2.65. The summed E-state index contributed by atoms with van der Waals surface area (Å²) in [7, 11) is -1.03. The third-order valence-corrected chi connectivity index (χ3v) is 3.14. The lowest BCUT2D eigenvalue weighted by Crippen LogP contribution is -1.82. The van der Waals surface area contributed by atoms with Crippen LogP contribution in [0.1, 0.15) is 5.56 Å². The molecule has 0 amide bonds. The van der Waals surface area contributed by atoms with Crippen LogP contribution in [0.15, 0.2) is 29.2 Å². The van der Waals surface area contributed by atoms with E-state index in [0.29, 0.717) is 0 Å². The van der Waals surface area contributed by atoms with Gasteiger partial charge in [0.15, 0.2) is 0 Å². The Hall–Kier alpha value is -0.690. The Balaban J connectivity index is 3.37. The van der Waals surface area contributed by atoms with E-state index in [2.05, 4.69) is 37.1 Å². The molecule has 0 fully saturated rings. The van der Waals surface area contributed by atoms with Crippen molar-refractivity contribution >= 4 is 20.9 Å². The van der Waals surface area contributed by atoms with Crippen molar-refractivity contribution < 1.29 is 0 Å². The maximum Gasteiger partial charge on any atom is -0.00123 e. The fourth-order valence-corrected chi connectivity index (χ4v) is 2.36. The molecule has 1 aromatic rings. The molecule has 11 heavy (non-hydrogen) atoms. The Labute approximate surface area is 69.4 Å². The second-order valence-corrected chi connectivity index (χ2v) is 6.03. The van der Waals surface area contributed by atoms with E-state index in [-0.39, 0.29) is 0 Å². The summed E-state index contributed by atoms with van der Waals surface area (Å²) in [6, 6.07) is 8.32. The molecular formula is C10H14S. The van der Waals surface area contributed by atoms with E-state index in [4.69, 9.17) is 0 Å². The van der Waals surface area contributed by atoms with Crippen molar-refractivity contribution in [3.05, 3.63) is 29.8 Å². The van der Waals surface area contributed by atoms with Crippen LogP contribution in [-0.4, -0.2) is 18.0 Å². The molecule has 0 atom stereocenters. The molecule has 0 spiro atoms. The van der Waals surface area contributed by atoms with Gasteiger partial charge in [0.05, 0.1) is 0 Å². The summed E-state index contributed by atoms with van der Waals surface area (Å²) >= 11 is 0. The standard InChI is InChI=1S/C10H14S/c1-9-7-5-6-8-10(9)11(2,3)4/h5-8H,2-3H2,1,4H3. The molecule has 0 saturated heterocycles. The molecule has 0 radical (unpaired) electrons. The highest BCUT2D eigenvalue weighted by molar-refractivity contribution is 8.27. The summed E-state index contributed by atoms with van der Waals surface area (Å²) in [5.74, 6) is 8.15. The molecular weight excluding hydrogens is 152 g/mol. The van der Waals surface area contributed by atoms with Crippen molar-refractivity contribution in [3.63, 3.8) is 0 Å². The summed E-state index contributed by atoms with van der Waals surface area (Å²) in [6.07, 6.45) is 2.11. The average Bonchev–Trinajstić information content (AvgIpc) is 1.86. The zero-order chi connectivity index (χ0) is 8.48. The van der Waals surface area contributed by atoms with Crippen molar-refractivity contribution in [2.75, 3.05) is 6.26 Å². The number of rotatable bonds is 1. The Morgan fingerprint density at radius 2 is 1.73 bits per heavy atom. The molecule has 0 aliphatic carbocycles. The second kappa shape index (κ2) is 2.74. The van der Waals surface area contributed by atoms with Gasteiger partial charge in [-0.2, -0.15) is 9.21 Å². The number of benzene rings is 1. The van der Waals surface area contributed by atoms with Crippen molar-refractivity contribution in [3.8, 4) is 0 Å². The molecule has 1 aromatic carbocycles. The Bertz CT molecular complexity index is 345. The minimum absolute atomic E-state index is 1.03. The minimum atomic E-state index is -1.03. The van der Waals surface area contributed by atoms with Gasteiger partial charge in [-0.05, 0) is 29.7 Å². The first kappa shape index (κ1) is 8.41. The molecule has 0 aromatic heterocycles. The lowest BCUT2D eigenvalue weighted by atomic mass is 10.2. The van der Waals surface area contributed by atoms with Gasteiger partial charge in [0.2, 0.25) is 0 Å². The van der Waals surface area contributed by atoms with Crippen LogP contribution in [0.5, 0.6) is 0 Å². The smallest absolute Gasteiger partial charge is 0.00123 e. The fraction of sp³-hybridized carbons (Fsp3) is 0.200. The summed E-state index contributed by atoms with van der Waals surface area (Å²) in [6.45, 7) is 2.11. The SMILES string of the molecule is C=S(=C)(C)c1ccccc1C. The summed E-state index contributed by atoms with van der Waals surface area (Å²) in [5.41, 5.74) is 1.30. The Kier molecular flexibility index (Phi) is 2.10.